The maximum atomic E-state index is 12.0. The van der Waals surface area contributed by atoms with Crippen molar-refractivity contribution >= 4 is 49.0 Å². The highest BCUT2D eigenvalue weighted by molar-refractivity contribution is 5.89. The second-order valence-electron chi connectivity index (χ2n) is 5.39. The summed E-state index contributed by atoms with van der Waals surface area (Å²) in [6.07, 6.45) is 0.943. The van der Waals surface area contributed by atoms with E-state index in [2.05, 4.69) is 5.32 Å². The van der Waals surface area contributed by atoms with Crippen LogP contribution in [0.5, 0.6) is 0 Å². The van der Waals surface area contributed by atoms with Crippen LogP contribution >= 0.6 is 37.2 Å². The molecular weight excluding hydrogens is 361 g/mol. The Morgan fingerprint density at radius 1 is 1.09 bits per heavy atom. The lowest BCUT2D eigenvalue weighted by molar-refractivity contribution is -0.128. The summed E-state index contributed by atoms with van der Waals surface area (Å²) in [5.74, 6) is -0.615. The molecule has 2 atom stereocenters. The Morgan fingerprint density at radius 3 is 2.04 bits per heavy atom. The number of carbonyl (C=O) groups excluding carboxylic acids is 2. The number of hydrogen-bond acceptors (Lipinski definition) is 3. The van der Waals surface area contributed by atoms with E-state index in [1.165, 1.54) is 0 Å². The number of amides is 2. The van der Waals surface area contributed by atoms with Crippen molar-refractivity contribution in [2.24, 2.45) is 17.4 Å². The van der Waals surface area contributed by atoms with Crippen LogP contribution in [0.15, 0.2) is 30.3 Å². The molecule has 0 bridgehead atoms. The zero-order valence-corrected chi connectivity index (χ0v) is 15.7. The van der Waals surface area contributed by atoms with Gasteiger partial charge in [-0.05, 0) is 24.3 Å². The molecular formula is C15H26Cl3N3O2. The molecule has 0 spiro atoms. The molecule has 1 aromatic rings. The van der Waals surface area contributed by atoms with E-state index >= 15 is 0 Å². The third kappa shape index (κ3) is 10.4. The average molecular weight is 387 g/mol. The number of nitrogens with two attached hydrogens (primary N) is 2. The number of halogens is 3. The first kappa shape index (κ1) is 26.9. The van der Waals surface area contributed by atoms with Gasteiger partial charge in [0.15, 0.2) is 0 Å². The van der Waals surface area contributed by atoms with Gasteiger partial charge in [0.25, 0.3) is 0 Å². The summed E-state index contributed by atoms with van der Waals surface area (Å²) in [5.41, 5.74) is 12.1. The molecule has 0 fully saturated rings. The van der Waals surface area contributed by atoms with Crippen molar-refractivity contribution in [3.05, 3.63) is 35.9 Å². The lowest BCUT2D eigenvalue weighted by atomic mass is 10.0. The van der Waals surface area contributed by atoms with Crippen molar-refractivity contribution in [2.45, 2.75) is 38.8 Å². The summed E-state index contributed by atoms with van der Waals surface area (Å²) in [7, 11) is 0. The summed E-state index contributed by atoms with van der Waals surface area (Å²) in [5, 5.41) is 2.63. The van der Waals surface area contributed by atoms with E-state index in [1.807, 2.05) is 44.2 Å². The standard InChI is InChI=1S/C15H23N3O2.3ClH/c1-10(2)8-13(14(17)19)18-15(20)12(16)9-11-6-4-3-5-7-11;;;/h3-7,10,12-13H,8-9,16H2,1-2H3,(H2,17,19)(H,18,20);3*1H/t12-,13-;;;/m1.../s1. The molecule has 8 heteroatoms. The van der Waals surface area contributed by atoms with Gasteiger partial charge in [-0.3, -0.25) is 9.59 Å². The lowest BCUT2D eigenvalue weighted by Crippen LogP contribution is -2.51. The topological polar surface area (TPSA) is 98.2 Å². The van der Waals surface area contributed by atoms with Gasteiger partial charge >= 0.3 is 0 Å². The minimum Gasteiger partial charge on any atom is -0.368 e. The summed E-state index contributed by atoms with van der Waals surface area (Å²) >= 11 is 0. The molecule has 0 saturated heterocycles. The number of benzene rings is 1. The van der Waals surface area contributed by atoms with Gasteiger partial charge in [0.2, 0.25) is 11.8 Å². The van der Waals surface area contributed by atoms with E-state index in [4.69, 9.17) is 11.5 Å². The molecule has 23 heavy (non-hydrogen) atoms. The fraction of sp³-hybridized carbons (Fsp3) is 0.467. The predicted molar refractivity (Wildman–Crippen MR) is 100 cm³/mol. The van der Waals surface area contributed by atoms with Crippen LogP contribution in [0.3, 0.4) is 0 Å². The largest absolute Gasteiger partial charge is 0.368 e. The van der Waals surface area contributed by atoms with Gasteiger partial charge in [0.1, 0.15) is 6.04 Å². The summed E-state index contributed by atoms with van der Waals surface area (Å²) in [6.45, 7) is 3.93. The molecule has 5 N–H and O–H groups in total. The van der Waals surface area contributed by atoms with E-state index in [1.54, 1.807) is 0 Å². The van der Waals surface area contributed by atoms with Crippen molar-refractivity contribution in [1.82, 2.24) is 5.32 Å². The third-order valence-electron chi connectivity index (χ3n) is 3.00. The summed E-state index contributed by atoms with van der Waals surface area (Å²) < 4.78 is 0. The Balaban J connectivity index is -0.00000133. The molecule has 0 aromatic heterocycles. The van der Waals surface area contributed by atoms with Crippen LogP contribution in [0.1, 0.15) is 25.8 Å². The van der Waals surface area contributed by atoms with Gasteiger partial charge in [-0.2, -0.15) is 0 Å². The van der Waals surface area contributed by atoms with Crippen molar-refractivity contribution < 1.29 is 9.59 Å². The molecule has 0 unspecified atom stereocenters. The Hall–Kier alpha value is -1.01. The second kappa shape index (κ2) is 13.4. The molecule has 0 aliphatic carbocycles. The van der Waals surface area contributed by atoms with Crippen LogP contribution in [0, 0.1) is 5.92 Å². The minimum atomic E-state index is -0.689. The number of hydrogen-bond donors (Lipinski definition) is 3. The third-order valence-corrected chi connectivity index (χ3v) is 3.00. The smallest absolute Gasteiger partial charge is 0.240 e. The Labute approximate surface area is 156 Å². The van der Waals surface area contributed by atoms with Crippen LogP contribution in [-0.2, 0) is 16.0 Å². The van der Waals surface area contributed by atoms with Crippen LogP contribution in [0.2, 0.25) is 0 Å². The molecule has 0 radical (unpaired) electrons. The number of rotatable bonds is 7. The molecule has 0 aliphatic heterocycles. The van der Waals surface area contributed by atoms with Gasteiger partial charge in [-0.15, -0.1) is 37.2 Å². The lowest BCUT2D eigenvalue weighted by Gasteiger charge is -2.20. The molecule has 1 aromatic carbocycles. The highest BCUT2D eigenvalue weighted by atomic mass is 35.5. The van der Waals surface area contributed by atoms with Crippen molar-refractivity contribution in [3.8, 4) is 0 Å². The van der Waals surface area contributed by atoms with Crippen molar-refractivity contribution in [1.29, 1.82) is 0 Å². The van der Waals surface area contributed by atoms with Gasteiger partial charge in [0.05, 0.1) is 6.04 Å². The van der Waals surface area contributed by atoms with Gasteiger partial charge < -0.3 is 16.8 Å². The number of primary amides is 1. The normalized spacial score (nSPS) is 12.0. The molecule has 1 rings (SSSR count). The molecule has 134 valence electrons. The highest BCUT2D eigenvalue weighted by Crippen LogP contribution is 2.06. The van der Waals surface area contributed by atoms with Gasteiger partial charge in [-0.1, -0.05) is 44.2 Å². The van der Waals surface area contributed by atoms with Gasteiger partial charge in [0, 0.05) is 0 Å². The molecule has 2 amide bonds. The monoisotopic (exact) mass is 385 g/mol. The number of nitrogens with one attached hydrogen (secondary N) is 1. The van der Waals surface area contributed by atoms with Crippen LogP contribution in [0.25, 0.3) is 0 Å². The van der Waals surface area contributed by atoms with E-state index in [0.717, 1.165) is 5.56 Å². The first-order chi connectivity index (χ1) is 9.40. The zero-order valence-electron chi connectivity index (χ0n) is 13.2. The Morgan fingerprint density at radius 2 is 1.61 bits per heavy atom. The predicted octanol–water partition coefficient (Wildman–Crippen LogP) is 1.84. The second-order valence-corrected chi connectivity index (χ2v) is 5.39. The minimum absolute atomic E-state index is 0. The maximum absolute atomic E-state index is 12.0. The number of carbonyl (C=O) groups is 2. The fourth-order valence-corrected chi connectivity index (χ4v) is 1.96. The van der Waals surface area contributed by atoms with E-state index in [9.17, 15) is 9.59 Å². The van der Waals surface area contributed by atoms with E-state index in [0.29, 0.717) is 12.8 Å². The first-order valence-corrected chi connectivity index (χ1v) is 6.79. The van der Waals surface area contributed by atoms with Crippen molar-refractivity contribution in [3.63, 3.8) is 0 Å². The molecule has 0 heterocycles. The first-order valence-electron chi connectivity index (χ1n) is 6.79. The van der Waals surface area contributed by atoms with E-state index < -0.39 is 18.0 Å². The van der Waals surface area contributed by atoms with Crippen molar-refractivity contribution in [2.75, 3.05) is 0 Å². The Bertz CT molecular complexity index is 459. The molecule has 5 nitrogen and oxygen atoms in total. The van der Waals surface area contributed by atoms with Crippen LogP contribution in [0.4, 0.5) is 0 Å². The summed E-state index contributed by atoms with van der Waals surface area (Å²) in [4.78, 5) is 23.3. The zero-order chi connectivity index (χ0) is 15.1. The quantitative estimate of drug-likeness (QED) is 0.667. The highest BCUT2D eigenvalue weighted by Gasteiger charge is 2.22. The van der Waals surface area contributed by atoms with Crippen LogP contribution in [-0.4, -0.2) is 23.9 Å². The van der Waals surface area contributed by atoms with Gasteiger partial charge in [-0.25, -0.2) is 0 Å². The molecule has 0 aliphatic rings. The Kier molecular flexibility index (Phi) is 15.7. The maximum Gasteiger partial charge on any atom is 0.240 e. The summed E-state index contributed by atoms with van der Waals surface area (Å²) in [6, 6.07) is 8.16. The molecule has 0 saturated carbocycles. The fourth-order valence-electron chi connectivity index (χ4n) is 1.96. The van der Waals surface area contributed by atoms with Crippen LogP contribution < -0.4 is 16.8 Å². The SMILES string of the molecule is CC(C)C[C@@H](NC(=O)[C@H](N)Cc1ccccc1)C(N)=O.Cl.Cl.Cl. The average Bonchev–Trinajstić information content (AvgIpc) is 2.38. The van der Waals surface area contributed by atoms with E-state index in [-0.39, 0.29) is 49.0 Å².